The summed E-state index contributed by atoms with van der Waals surface area (Å²) in [4.78, 5) is 2.48. The van der Waals surface area contributed by atoms with Crippen LogP contribution in [0, 0.1) is 5.92 Å². The molecule has 1 unspecified atom stereocenters. The van der Waals surface area contributed by atoms with Crippen molar-refractivity contribution in [2.45, 2.75) is 65.0 Å². The van der Waals surface area contributed by atoms with E-state index in [1.165, 1.54) is 32.1 Å². The average molecular weight is 213 g/mol. The van der Waals surface area contributed by atoms with Crippen LogP contribution >= 0.6 is 0 Å². The first-order chi connectivity index (χ1) is 7.15. The Kier molecular flexibility index (Phi) is 5.62. The lowest BCUT2D eigenvalue weighted by Gasteiger charge is -2.35. The molecule has 0 amide bonds. The summed E-state index contributed by atoms with van der Waals surface area (Å²) in [6, 6.07) is 0.733. The maximum atomic E-state index is 9.92. The lowest BCUT2D eigenvalue weighted by Crippen LogP contribution is -2.42. The number of hydrogen-bond donors (Lipinski definition) is 1. The molecule has 1 aliphatic rings. The first-order valence-corrected chi connectivity index (χ1v) is 6.57. The SMILES string of the molecule is CCN(CC(O)C(C)C)C1CCCCC1. The fourth-order valence-electron chi connectivity index (χ4n) is 2.43. The third-order valence-corrected chi connectivity index (χ3v) is 3.69. The summed E-state index contributed by atoms with van der Waals surface area (Å²) in [6.45, 7) is 8.34. The van der Waals surface area contributed by atoms with Crippen LogP contribution in [0.15, 0.2) is 0 Å². The Morgan fingerprint density at radius 3 is 2.27 bits per heavy atom. The van der Waals surface area contributed by atoms with E-state index in [9.17, 15) is 5.11 Å². The van der Waals surface area contributed by atoms with E-state index >= 15 is 0 Å². The number of rotatable bonds is 5. The second-order valence-electron chi connectivity index (χ2n) is 5.19. The summed E-state index contributed by atoms with van der Waals surface area (Å²) >= 11 is 0. The summed E-state index contributed by atoms with van der Waals surface area (Å²) in [7, 11) is 0. The monoisotopic (exact) mass is 213 g/mol. The highest BCUT2D eigenvalue weighted by Gasteiger charge is 2.22. The number of likely N-dealkylation sites (N-methyl/N-ethyl adjacent to an activating group) is 1. The van der Waals surface area contributed by atoms with Crippen LogP contribution in [0.1, 0.15) is 52.9 Å². The van der Waals surface area contributed by atoms with Crippen LogP contribution in [-0.2, 0) is 0 Å². The van der Waals surface area contributed by atoms with Crippen molar-refractivity contribution >= 4 is 0 Å². The van der Waals surface area contributed by atoms with Crippen molar-refractivity contribution in [2.24, 2.45) is 5.92 Å². The van der Waals surface area contributed by atoms with E-state index in [-0.39, 0.29) is 6.10 Å². The molecule has 2 nitrogen and oxygen atoms in total. The molecule has 1 N–H and O–H groups in total. The minimum absolute atomic E-state index is 0.160. The Morgan fingerprint density at radius 1 is 1.20 bits per heavy atom. The Balaban J connectivity index is 2.39. The third kappa shape index (κ3) is 4.12. The van der Waals surface area contributed by atoms with Crippen LogP contribution in [0.3, 0.4) is 0 Å². The summed E-state index contributed by atoms with van der Waals surface area (Å²) in [5.41, 5.74) is 0. The highest BCUT2D eigenvalue weighted by atomic mass is 16.3. The molecule has 0 radical (unpaired) electrons. The van der Waals surface area contributed by atoms with E-state index < -0.39 is 0 Å². The van der Waals surface area contributed by atoms with Crippen molar-refractivity contribution in [3.05, 3.63) is 0 Å². The molecule has 1 rings (SSSR count). The smallest absolute Gasteiger partial charge is 0.0690 e. The van der Waals surface area contributed by atoms with E-state index in [0.29, 0.717) is 5.92 Å². The van der Waals surface area contributed by atoms with Gasteiger partial charge >= 0.3 is 0 Å². The molecule has 0 spiro atoms. The number of aliphatic hydroxyl groups excluding tert-OH is 1. The van der Waals surface area contributed by atoms with Gasteiger partial charge in [0.15, 0.2) is 0 Å². The maximum Gasteiger partial charge on any atom is 0.0690 e. The van der Waals surface area contributed by atoms with Crippen LogP contribution in [0.5, 0.6) is 0 Å². The lowest BCUT2D eigenvalue weighted by atomic mass is 9.93. The van der Waals surface area contributed by atoms with Gasteiger partial charge in [-0.1, -0.05) is 40.0 Å². The van der Waals surface area contributed by atoms with Crippen molar-refractivity contribution in [2.75, 3.05) is 13.1 Å². The van der Waals surface area contributed by atoms with Gasteiger partial charge in [0.25, 0.3) is 0 Å². The fraction of sp³-hybridized carbons (Fsp3) is 1.00. The van der Waals surface area contributed by atoms with Gasteiger partial charge in [-0.3, -0.25) is 4.90 Å². The number of hydrogen-bond acceptors (Lipinski definition) is 2. The van der Waals surface area contributed by atoms with Crippen molar-refractivity contribution in [3.63, 3.8) is 0 Å². The van der Waals surface area contributed by atoms with E-state index in [0.717, 1.165) is 19.1 Å². The minimum Gasteiger partial charge on any atom is -0.392 e. The molecule has 1 atom stereocenters. The van der Waals surface area contributed by atoms with Gasteiger partial charge in [0.2, 0.25) is 0 Å². The van der Waals surface area contributed by atoms with Crippen molar-refractivity contribution < 1.29 is 5.11 Å². The van der Waals surface area contributed by atoms with Crippen molar-refractivity contribution in [3.8, 4) is 0 Å². The zero-order chi connectivity index (χ0) is 11.3. The topological polar surface area (TPSA) is 23.5 Å². The molecule has 0 aromatic heterocycles. The summed E-state index contributed by atoms with van der Waals surface area (Å²) in [6.07, 6.45) is 6.66. The van der Waals surface area contributed by atoms with Crippen LogP contribution in [0.4, 0.5) is 0 Å². The second kappa shape index (κ2) is 6.49. The van der Waals surface area contributed by atoms with E-state index in [1.807, 2.05) is 0 Å². The largest absolute Gasteiger partial charge is 0.392 e. The van der Waals surface area contributed by atoms with Gasteiger partial charge in [0.05, 0.1) is 6.10 Å². The van der Waals surface area contributed by atoms with Gasteiger partial charge < -0.3 is 5.11 Å². The van der Waals surface area contributed by atoms with Crippen LogP contribution < -0.4 is 0 Å². The highest BCUT2D eigenvalue weighted by molar-refractivity contribution is 4.77. The van der Waals surface area contributed by atoms with Gasteiger partial charge in [0.1, 0.15) is 0 Å². The third-order valence-electron chi connectivity index (χ3n) is 3.69. The zero-order valence-electron chi connectivity index (χ0n) is 10.6. The lowest BCUT2D eigenvalue weighted by molar-refractivity contribution is 0.0505. The van der Waals surface area contributed by atoms with Gasteiger partial charge in [-0.15, -0.1) is 0 Å². The Labute approximate surface area is 94.7 Å². The van der Waals surface area contributed by atoms with Gasteiger partial charge in [-0.05, 0) is 25.3 Å². The quantitative estimate of drug-likeness (QED) is 0.759. The van der Waals surface area contributed by atoms with Crippen LogP contribution in [-0.4, -0.2) is 35.2 Å². The van der Waals surface area contributed by atoms with Crippen molar-refractivity contribution in [1.82, 2.24) is 4.90 Å². The standard InChI is InChI=1S/C13H27NO/c1-4-14(10-13(15)11(2)3)12-8-6-5-7-9-12/h11-13,15H,4-10H2,1-3H3. The molecule has 0 bridgehead atoms. The van der Waals surface area contributed by atoms with Gasteiger partial charge in [-0.2, -0.15) is 0 Å². The minimum atomic E-state index is -0.160. The molecule has 1 fully saturated rings. The summed E-state index contributed by atoms with van der Waals surface area (Å²) in [5.74, 6) is 0.377. The van der Waals surface area contributed by atoms with Gasteiger partial charge in [-0.25, -0.2) is 0 Å². The molecule has 0 saturated heterocycles. The highest BCUT2D eigenvalue weighted by Crippen LogP contribution is 2.23. The van der Waals surface area contributed by atoms with Crippen molar-refractivity contribution in [1.29, 1.82) is 0 Å². The van der Waals surface area contributed by atoms with Crippen LogP contribution in [0.2, 0.25) is 0 Å². The first-order valence-electron chi connectivity index (χ1n) is 6.57. The molecule has 0 aromatic carbocycles. The van der Waals surface area contributed by atoms with E-state index in [4.69, 9.17) is 0 Å². The zero-order valence-corrected chi connectivity index (χ0v) is 10.6. The fourth-order valence-corrected chi connectivity index (χ4v) is 2.43. The molecule has 90 valence electrons. The van der Waals surface area contributed by atoms with Crippen LogP contribution in [0.25, 0.3) is 0 Å². The van der Waals surface area contributed by atoms with Gasteiger partial charge in [0, 0.05) is 12.6 Å². The average Bonchev–Trinajstić information content (AvgIpc) is 2.26. The Morgan fingerprint density at radius 2 is 1.80 bits per heavy atom. The second-order valence-corrected chi connectivity index (χ2v) is 5.19. The predicted octanol–water partition coefficient (Wildman–Crippen LogP) is 2.66. The van der Waals surface area contributed by atoms with E-state index in [2.05, 4.69) is 25.7 Å². The molecule has 0 aromatic rings. The summed E-state index contributed by atoms with van der Waals surface area (Å²) < 4.78 is 0. The number of aliphatic hydroxyl groups is 1. The Bertz CT molecular complexity index is 164. The molecule has 15 heavy (non-hydrogen) atoms. The van der Waals surface area contributed by atoms with E-state index in [1.54, 1.807) is 0 Å². The molecule has 2 heteroatoms. The maximum absolute atomic E-state index is 9.92. The normalized spacial score (nSPS) is 21.2. The molecule has 0 aliphatic heterocycles. The molecule has 0 heterocycles. The number of nitrogens with zero attached hydrogens (tertiary/aromatic N) is 1. The Hall–Kier alpha value is -0.0800. The summed E-state index contributed by atoms with van der Waals surface area (Å²) in [5, 5.41) is 9.92. The molecular weight excluding hydrogens is 186 g/mol. The molecule has 1 saturated carbocycles. The first kappa shape index (κ1) is 13.0. The predicted molar refractivity (Wildman–Crippen MR) is 65.0 cm³/mol. The molecular formula is C13H27NO. The molecule has 1 aliphatic carbocycles.